The number of para-hydroxylation sites is 2. The molecule has 0 fully saturated rings. The van der Waals surface area contributed by atoms with Crippen molar-refractivity contribution in [3.8, 4) is 51.0 Å². The van der Waals surface area contributed by atoms with Crippen LogP contribution in [0.5, 0.6) is 0 Å². The first-order chi connectivity index (χ1) is 32.5. The normalized spacial score (nSPS) is 11.8. The molecule has 3 aromatic heterocycles. The molecule has 0 aliphatic heterocycles. The van der Waals surface area contributed by atoms with E-state index in [2.05, 4.69) is 215 Å². The molecule has 14 heteroatoms. The van der Waals surface area contributed by atoms with Crippen molar-refractivity contribution in [2.45, 2.75) is 0 Å². The van der Waals surface area contributed by atoms with Crippen LogP contribution in [0.4, 0.5) is 0 Å². The van der Waals surface area contributed by atoms with Crippen LogP contribution in [-0.2, 0) is 0 Å². The Kier molecular flexibility index (Phi) is 9.45. The Balaban J connectivity index is 1.14. The van der Waals surface area contributed by atoms with E-state index >= 15 is 0 Å². The number of benzene rings is 9. The van der Waals surface area contributed by atoms with E-state index in [0.29, 0.717) is 17.6 Å². The Morgan fingerprint density at radius 1 is 0.343 bits per heavy atom. The molecule has 12 rings (SSSR count). The minimum absolute atomic E-state index is 0.566. The maximum absolute atomic E-state index is 7.24. The van der Waals surface area contributed by atoms with Gasteiger partial charge in [0.2, 0.25) is 5.95 Å². The molecule has 12 aromatic rings. The van der Waals surface area contributed by atoms with Crippen LogP contribution < -0.4 is 49.2 Å². The lowest BCUT2D eigenvalue weighted by molar-refractivity contribution is 0.676. The molecule has 0 aliphatic rings. The van der Waals surface area contributed by atoms with Crippen molar-refractivity contribution in [1.29, 1.82) is 0 Å². The Morgan fingerprint density at radius 3 is 1.51 bits per heavy atom. The van der Waals surface area contributed by atoms with Gasteiger partial charge in [0, 0.05) is 38.1 Å². The summed E-state index contributed by atoms with van der Waals surface area (Å²) in [5, 5.41) is 9.32. The first kappa shape index (κ1) is 41.1. The summed E-state index contributed by atoms with van der Waals surface area (Å²) in [6.45, 7) is 0. The molecule has 0 bridgehead atoms. The number of fused-ring (bicyclic) bond motifs is 9. The monoisotopic (exact) mass is 848 g/mol. The van der Waals surface area contributed by atoms with E-state index < -0.39 is 0 Å². The van der Waals surface area contributed by atoms with Gasteiger partial charge in [-0.3, -0.25) is 4.57 Å². The van der Waals surface area contributed by atoms with Gasteiger partial charge < -0.3 is 4.42 Å². The molecule has 0 saturated carbocycles. The zero-order valence-corrected chi connectivity index (χ0v) is 39.5. The Labute approximate surface area is 397 Å². The molecule has 0 spiro atoms. The van der Waals surface area contributed by atoms with E-state index in [9.17, 15) is 0 Å². The molecule has 5 nitrogen and oxygen atoms in total. The number of nitrogens with zero attached hydrogens (tertiary/aromatic N) is 4. The lowest BCUT2D eigenvalue weighted by Crippen LogP contribution is -2.49. The van der Waals surface area contributed by atoms with Gasteiger partial charge in [0.15, 0.2) is 11.6 Å². The minimum atomic E-state index is 0.566. The fourth-order valence-electron chi connectivity index (χ4n) is 11.0. The SMILES string of the molecule is Bc1c(B)c(B)c2c(oc3c4c(B)c(B)c(B)c(B)c4c(B)c(-c4nc(-c5cccc(-c6ccc(-c7ccc8ccccc8c7)cc6)c5)nc(-n5c6ccccc6c6ccccc65)n4)c32)c1B. The predicted molar refractivity (Wildman–Crippen MR) is 312 cm³/mol. The average Bonchev–Trinajstić information content (AvgIpc) is 3.92. The number of hydrogen-bond donors (Lipinski definition) is 0. The summed E-state index contributed by atoms with van der Waals surface area (Å²) in [4.78, 5) is 16.6. The molecule has 0 unspecified atom stereocenters. The van der Waals surface area contributed by atoms with Gasteiger partial charge in [-0.1, -0.05) is 148 Å². The first-order valence-corrected chi connectivity index (χ1v) is 23.3. The number of furan rings is 1. The van der Waals surface area contributed by atoms with Gasteiger partial charge in [0.25, 0.3) is 0 Å². The van der Waals surface area contributed by atoms with E-state index in [4.69, 9.17) is 19.4 Å². The van der Waals surface area contributed by atoms with Gasteiger partial charge in [-0.25, -0.2) is 4.98 Å². The first-order valence-electron chi connectivity index (χ1n) is 23.3. The van der Waals surface area contributed by atoms with Crippen LogP contribution in [0.2, 0.25) is 0 Å². The van der Waals surface area contributed by atoms with E-state index in [1.54, 1.807) is 0 Å². The van der Waals surface area contributed by atoms with Gasteiger partial charge in [-0.05, 0) is 62.7 Å². The zero-order chi connectivity index (χ0) is 46.0. The molecule has 3 heterocycles. The number of rotatable bonds is 5. The number of hydrogen-bond acceptors (Lipinski definition) is 4. The molecular formula is C53H41B9N4O. The van der Waals surface area contributed by atoms with E-state index in [1.165, 1.54) is 70.9 Å². The zero-order valence-electron chi connectivity index (χ0n) is 39.5. The maximum Gasteiger partial charge on any atom is 0.238 e. The fourth-order valence-corrected chi connectivity index (χ4v) is 11.0. The third-order valence-corrected chi connectivity index (χ3v) is 15.3. The highest BCUT2D eigenvalue weighted by molar-refractivity contribution is 6.71. The molecule has 9 aromatic carbocycles. The summed E-state index contributed by atoms with van der Waals surface area (Å²) in [7, 11) is 20.1. The second kappa shape index (κ2) is 15.4. The van der Waals surface area contributed by atoms with Gasteiger partial charge in [-0.15, -0.1) is 16.4 Å². The van der Waals surface area contributed by atoms with Crippen molar-refractivity contribution in [2.24, 2.45) is 0 Å². The largest absolute Gasteiger partial charge is 0.456 e. The smallest absolute Gasteiger partial charge is 0.238 e. The summed E-state index contributed by atoms with van der Waals surface area (Å²) in [6, 6.07) is 49.8. The Morgan fingerprint density at radius 2 is 0.851 bits per heavy atom. The van der Waals surface area contributed by atoms with E-state index in [1.807, 2.05) is 0 Å². The highest BCUT2D eigenvalue weighted by atomic mass is 16.3. The predicted octanol–water partition coefficient (Wildman–Crippen LogP) is -1.83. The Hall–Kier alpha value is -7.31. The van der Waals surface area contributed by atoms with Crippen molar-refractivity contribution in [1.82, 2.24) is 19.5 Å². The summed E-state index contributed by atoms with van der Waals surface area (Å²) in [5.74, 6) is 1.78. The van der Waals surface area contributed by atoms with Crippen LogP contribution in [0.15, 0.2) is 144 Å². The van der Waals surface area contributed by atoms with E-state index in [0.717, 1.165) is 76.9 Å². The van der Waals surface area contributed by atoms with Gasteiger partial charge in [0.1, 0.15) is 81.8 Å². The van der Waals surface area contributed by atoms with Crippen molar-refractivity contribution < 1.29 is 4.42 Å². The maximum atomic E-state index is 7.24. The van der Waals surface area contributed by atoms with Crippen molar-refractivity contribution in [2.75, 3.05) is 0 Å². The van der Waals surface area contributed by atoms with Crippen molar-refractivity contribution >= 4 is 185 Å². The highest BCUT2D eigenvalue weighted by Gasteiger charge is 2.28. The summed E-state index contributed by atoms with van der Waals surface area (Å²) in [5.41, 5.74) is 21.5. The number of aromatic nitrogens is 4. The van der Waals surface area contributed by atoms with Gasteiger partial charge >= 0.3 is 0 Å². The molecule has 0 radical (unpaired) electrons. The standard InChI is InChI=1S/C53H41B9N4O/c54-40-36-38(43(57)45(59)44(58)41(36)55)49-35(37-42(56)46(60)47(61)48(62)50(37)67-49)39(40)52-63-51(64-53(65-52)66-33-14-5-3-12-31(33)32-13-4-6-15-34(32)66)30-11-7-10-28(23-30)25-16-18-26(19-17-25)29-21-20-24-8-1-2-9-27(24)22-29/h1-23H,54-62H2. The molecule has 67 heavy (non-hydrogen) atoms. The summed E-state index contributed by atoms with van der Waals surface area (Å²) >= 11 is 0. The van der Waals surface area contributed by atoms with Crippen molar-refractivity contribution in [3.05, 3.63) is 140 Å². The quantitative estimate of drug-likeness (QED) is 0.192. The molecule has 306 valence electrons. The minimum Gasteiger partial charge on any atom is -0.456 e. The summed E-state index contributed by atoms with van der Waals surface area (Å²) < 4.78 is 9.45. The third kappa shape index (κ3) is 6.18. The van der Waals surface area contributed by atoms with Crippen LogP contribution in [0.1, 0.15) is 0 Å². The molecule has 0 N–H and O–H groups in total. The van der Waals surface area contributed by atoms with Crippen molar-refractivity contribution in [3.63, 3.8) is 0 Å². The van der Waals surface area contributed by atoms with E-state index in [-0.39, 0.29) is 0 Å². The van der Waals surface area contributed by atoms with Crippen LogP contribution in [-0.4, -0.2) is 90.1 Å². The van der Waals surface area contributed by atoms with Crippen LogP contribution in [0.25, 0.3) is 116 Å². The molecule has 0 amide bonds. The lowest BCUT2D eigenvalue weighted by Gasteiger charge is -2.21. The lowest BCUT2D eigenvalue weighted by atomic mass is 9.62. The second-order valence-corrected chi connectivity index (χ2v) is 18.6. The van der Waals surface area contributed by atoms with Crippen LogP contribution >= 0.6 is 0 Å². The molecule has 0 saturated heterocycles. The van der Waals surface area contributed by atoms with Gasteiger partial charge in [0.05, 0.1) is 11.0 Å². The van der Waals surface area contributed by atoms with Crippen LogP contribution in [0, 0.1) is 0 Å². The second-order valence-electron chi connectivity index (χ2n) is 18.6. The molecule has 0 aliphatic carbocycles. The molecular weight excluding hydrogens is 806 g/mol. The third-order valence-electron chi connectivity index (χ3n) is 15.3. The topological polar surface area (TPSA) is 56.7 Å². The molecule has 0 atom stereocenters. The highest BCUT2D eigenvalue weighted by Crippen LogP contribution is 2.39. The van der Waals surface area contributed by atoms with Gasteiger partial charge in [-0.2, -0.15) is 9.97 Å². The summed E-state index contributed by atoms with van der Waals surface area (Å²) in [6.07, 6.45) is 0. The fraction of sp³-hybridized carbons (Fsp3) is 0. The van der Waals surface area contributed by atoms with Crippen LogP contribution in [0.3, 0.4) is 0 Å². The Bertz CT molecular complexity index is 4060. The average molecular weight is 847 g/mol.